The van der Waals surface area contributed by atoms with Gasteiger partial charge in [-0.1, -0.05) is 50.8 Å². The second-order valence-electron chi connectivity index (χ2n) is 9.00. The van der Waals surface area contributed by atoms with Crippen LogP contribution in [-0.2, 0) is 6.42 Å². The van der Waals surface area contributed by atoms with Crippen LogP contribution < -0.4 is 15.5 Å². The molecule has 5 rings (SSSR count). The van der Waals surface area contributed by atoms with Crippen LogP contribution in [0, 0.1) is 0 Å². The van der Waals surface area contributed by atoms with Crippen molar-refractivity contribution in [3.05, 3.63) is 89.8 Å². The molecule has 6 heteroatoms. The van der Waals surface area contributed by atoms with Crippen LogP contribution in [-0.4, -0.2) is 22.8 Å². The number of allylic oxidation sites excluding steroid dienone is 4. The molecule has 3 aromatic rings. The Morgan fingerprint density at radius 1 is 1.09 bits per heavy atom. The monoisotopic (exact) mass is 465 g/mol. The molecule has 2 aliphatic rings. The number of anilines is 1. The van der Waals surface area contributed by atoms with E-state index in [-0.39, 0.29) is 0 Å². The first-order valence-electron chi connectivity index (χ1n) is 12.1. The summed E-state index contributed by atoms with van der Waals surface area (Å²) < 4.78 is 5.65. The summed E-state index contributed by atoms with van der Waals surface area (Å²) in [5.74, 6) is 1.54. The fourth-order valence-corrected chi connectivity index (χ4v) is 4.64. The van der Waals surface area contributed by atoms with E-state index >= 15 is 0 Å². The maximum atomic E-state index is 5.65. The number of hydrogen-bond donors (Lipinski definition) is 3. The van der Waals surface area contributed by atoms with Crippen molar-refractivity contribution >= 4 is 22.7 Å². The zero-order valence-corrected chi connectivity index (χ0v) is 20.4. The second kappa shape index (κ2) is 9.66. The Kier molecular flexibility index (Phi) is 6.27. The zero-order valence-electron chi connectivity index (χ0n) is 20.4. The summed E-state index contributed by atoms with van der Waals surface area (Å²) in [5, 5.41) is 7.89. The summed E-state index contributed by atoms with van der Waals surface area (Å²) in [7, 11) is 1.70. The first kappa shape index (κ1) is 22.7. The van der Waals surface area contributed by atoms with Crippen molar-refractivity contribution in [2.24, 2.45) is 5.10 Å². The number of methoxy groups -OCH3 is 1. The van der Waals surface area contributed by atoms with E-state index in [2.05, 4.69) is 89.5 Å². The molecule has 6 nitrogen and oxygen atoms in total. The third-order valence-corrected chi connectivity index (χ3v) is 6.35. The van der Waals surface area contributed by atoms with E-state index in [9.17, 15) is 0 Å². The lowest BCUT2D eigenvalue weighted by Crippen LogP contribution is -2.24. The predicted octanol–water partition coefficient (Wildman–Crippen LogP) is 6.63. The summed E-state index contributed by atoms with van der Waals surface area (Å²) in [6, 6.07) is 12.6. The van der Waals surface area contributed by atoms with Crippen molar-refractivity contribution in [3.8, 4) is 16.9 Å². The van der Waals surface area contributed by atoms with Crippen molar-refractivity contribution in [1.29, 1.82) is 0 Å². The van der Waals surface area contributed by atoms with E-state index in [0.717, 1.165) is 82.2 Å². The van der Waals surface area contributed by atoms with Crippen molar-refractivity contribution in [1.82, 2.24) is 15.4 Å². The molecule has 2 heterocycles. The van der Waals surface area contributed by atoms with Crippen LogP contribution in [0.3, 0.4) is 0 Å². The van der Waals surface area contributed by atoms with Crippen LogP contribution in [0.25, 0.3) is 22.2 Å². The van der Waals surface area contributed by atoms with E-state index in [1.807, 2.05) is 0 Å². The van der Waals surface area contributed by atoms with Crippen molar-refractivity contribution in [2.45, 2.75) is 39.0 Å². The van der Waals surface area contributed by atoms with Gasteiger partial charge in [0.15, 0.2) is 0 Å². The fraction of sp³-hybridized carbons (Fsp3) is 0.241. The Labute approximate surface area is 206 Å². The number of aromatic amines is 1. The minimum atomic E-state index is 0.700. The van der Waals surface area contributed by atoms with E-state index in [1.165, 1.54) is 11.1 Å². The standard InChI is InChI=1S/C29H31N5O/c1-5-8-18(2)30-29-31-26-12-11-21(17-28(26)32-29)22-13-20(14-23(16-22)35-4)15-27-25-10-7-6-9-24(25)19(3)33-34-27/h9-14,16-17,33H,2-3,5-8,15H2,1,4H3,(H2,30,31,32). The average Bonchev–Trinajstić information content (AvgIpc) is 3.27. The normalized spacial score (nSPS) is 15.0. The first-order valence-corrected chi connectivity index (χ1v) is 12.1. The van der Waals surface area contributed by atoms with Gasteiger partial charge in [0.05, 0.1) is 29.6 Å². The maximum absolute atomic E-state index is 5.65. The molecule has 1 aliphatic carbocycles. The number of fused-ring (bicyclic) bond motifs is 2. The molecule has 0 fully saturated rings. The molecular formula is C29H31N5O. The molecule has 0 saturated carbocycles. The van der Waals surface area contributed by atoms with Gasteiger partial charge >= 0.3 is 0 Å². The molecule has 0 bridgehead atoms. The highest BCUT2D eigenvalue weighted by Gasteiger charge is 2.22. The number of aromatic nitrogens is 2. The van der Waals surface area contributed by atoms with Crippen LogP contribution in [0.4, 0.5) is 5.95 Å². The van der Waals surface area contributed by atoms with E-state index in [0.29, 0.717) is 6.42 Å². The Balaban J connectivity index is 1.45. The number of H-pyrrole nitrogens is 1. The maximum Gasteiger partial charge on any atom is 0.205 e. The summed E-state index contributed by atoms with van der Waals surface area (Å²) in [6.07, 6.45) is 9.24. The summed E-state index contributed by atoms with van der Waals surface area (Å²) in [4.78, 5) is 8.06. The lowest BCUT2D eigenvalue weighted by Gasteiger charge is -2.24. The smallest absolute Gasteiger partial charge is 0.205 e. The molecule has 0 spiro atoms. The molecule has 2 aromatic carbocycles. The Hall–Kier alpha value is -4.06. The number of nitrogens with one attached hydrogen (secondary N) is 3. The summed E-state index contributed by atoms with van der Waals surface area (Å²) in [5.41, 5.74) is 13.5. The van der Waals surface area contributed by atoms with Gasteiger partial charge in [0, 0.05) is 23.3 Å². The number of rotatable bonds is 8. The fourth-order valence-electron chi connectivity index (χ4n) is 4.64. The number of hydrogen-bond acceptors (Lipinski definition) is 5. The van der Waals surface area contributed by atoms with Gasteiger partial charge in [0.25, 0.3) is 0 Å². The van der Waals surface area contributed by atoms with Crippen molar-refractivity contribution < 1.29 is 4.74 Å². The lowest BCUT2D eigenvalue weighted by molar-refractivity contribution is 0.414. The highest BCUT2D eigenvalue weighted by molar-refractivity contribution is 6.07. The molecular weight excluding hydrogens is 434 g/mol. The highest BCUT2D eigenvalue weighted by Crippen LogP contribution is 2.32. The second-order valence-corrected chi connectivity index (χ2v) is 9.00. The average molecular weight is 466 g/mol. The minimum Gasteiger partial charge on any atom is -0.497 e. The number of hydrazone groups is 1. The van der Waals surface area contributed by atoms with Crippen LogP contribution in [0.15, 0.2) is 89.3 Å². The third-order valence-electron chi connectivity index (χ3n) is 6.35. The van der Waals surface area contributed by atoms with E-state index < -0.39 is 0 Å². The van der Waals surface area contributed by atoms with Crippen molar-refractivity contribution in [3.63, 3.8) is 0 Å². The number of imidazole rings is 1. The van der Waals surface area contributed by atoms with Gasteiger partial charge in [-0.15, -0.1) is 0 Å². The minimum absolute atomic E-state index is 0.700. The Morgan fingerprint density at radius 2 is 1.91 bits per heavy atom. The van der Waals surface area contributed by atoms with Gasteiger partial charge in [-0.3, -0.25) is 5.43 Å². The molecule has 0 atom stereocenters. The Bertz CT molecular complexity index is 1410. The number of nitrogens with zero attached hydrogens (tertiary/aromatic N) is 2. The molecule has 178 valence electrons. The third kappa shape index (κ3) is 4.78. The first-order chi connectivity index (χ1) is 17.0. The molecule has 35 heavy (non-hydrogen) atoms. The summed E-state index contributed by atoms with van der Waals surface area (Å²) >= 11 is 0. The molecule has 0 saturated heterocycles. The van der Waals surface area contributed by atoms with E-state index in [4.69, 9.17) is 9.72 Å². The molecule has 0 unspecified atom stereocenters. The molecule has 1 aliphatic heterocycles. The predicted molar refractivity (Wildman–Crippen MR) is 145 cm³/mol. The molecule has 0 radical (unpaired) electrons. The van der Waals surface area contributed by atoms with Crippen LogP contribution >= 0.6 is 0 Å². The Morgan fingerprint density at radius 3 is 2.71 bits per heavy atom. The van der Waals surface area contributed by atoms with Gasteiger partial charge in [-0.25, -0.2) is 4.98 Å². The van der Waals surface area contributed by atoms with Gasteiger partial charge in [0.1, 0.15) is 5.75 Å². The largest absolute Gasteiger partial charge is 0.497 e. The topological polar surface area (TPSA) is 74.3 Å². The van der Waals surface area contributed by atoms with Crippen LogP contribution in [0.2, 0.25) is 0 Å². The molecule has 1 aromatic heterocycles. The SMILES string of the molecule is C=C(CCC)Nc1nc2cc(-c3cc(CC4=NNC(=C)C5=CCCC=C54)cc(OC)c3)ccc2[nH]1. The summed E-state index contributed by atoms with van der Waals surface area (Å²) in [6.45, 7) is 10.3. The highest BCUT2D eigenvalue weighted by atomic mass is 16.5. The van der Waals surface area contributed by atoms with Crippen molar-refractivity contribution in [2.75, 3.05) is 12.4 Å². The lowest BCUT2D eigenvalue weighted by atomic mass is 9.88. The number of benzene rings is 2. The quantitative estimate of drug-likeness (QED) is 0.349. The van der Waals surface area contributed by atoms with Gasteiger partial charge < -0.3 is 15.0 Å². The van der Waals surface area contributed by atoms with Gasteiger partial charge in [-0.2, -0.15) is 5.10 Å². The van der Waals surface area contributed by atoms with E-state index in [1.54, 1.807) is 7.11 Å². The number of ether oxygens (including phenoxy) is 1. The van der Waals surface area contributed by atoms with Gasteiger partial charge in [-0.05, 0) is 60.2 Å². The molecule has 0 amide bonds. The zero-order chi connectivity index (χ0) is 24.4. The van der Waals surface area contributed by atoms with Gasteiger partial charge in [0.2, 0.25) is 5.95 Å². The van der Waals surface area contributed by atoms with Crippen LogP contribution in [0.5, 0.6) is 5.75 Å². The molecule has 3 N–H and O–H groups in total. The van der Waals surface area contributed by atoms with Crippen LogP contribution in [0.1, 0.15) is 38.2 Å².